The Bertz CT molecular complexity index is 968. The molecule has 2 aromatic rings. The summed E-state index contributed by atoms with van der Waals surface area (Å²) in [5.41, 5.74) is 1.45. The molecule has 3 heterocycles. The summed E-state index contributed by atoms with van der Waals surface area (Å²) in [5, 5.41) is 0.463. The van der Waals surface area contributed by atoms with Crippen molar-refractivity contribution in [2.24, 2.45) is 20.0 Å². The summed E-state index contributed by atoms with van der Waals surface area (Å²) in [6.45, 7) is 3.32. The van der Waals surface area contributed by atoms with Gasteiger partial charge in [-0.3, -0.25) is 18.7 Å². The summed E-state index contributed by atoms with van der Waals surface area (Å²) >= 11 is 0. The van der Waals surface area contributed by atoms with Crippen LogP contribution in [0.5, 0.6) is 0 Å². The van der Waals surface area contributed by atoms with Crippen molar-refractivity contribution in [3.8, 4) is 0 Å². The lowest BCUT2D eigenvalue weighted by Crippen LogP contribution is -2.41. The quantitative estimate of drug-likeness (QED) is 0.745. The third kappa shape index (κ3) is 2.79. The predicted molar refractivity (Wildman–Crippen MR) is 98.6 cm³/mol. The Morgan fingerprint density at radius 2 is 1.88 bits per heavy atom. The van der Waals surface area contributed by atoms with Crippen LogP contribution < -0.4 is 16.1 Å². The SMILES string of the molecule is CCc1cnc2c(c1N1CCC(C(=O)OC)CC1)c(=O)n(C)c(=O)n2C. The predicted octanol–water partition coefficient (Wildman–Crippen LogP) is 0.584. The third-order valence-electron chi connectivity index (χ3n) is 5.24. The van der Waals surface area contributed by atoms with E-state index in [-0.39, 0.29) is 17.4 Å². The number of carbonyl (C=O) groups excluding carboxylic acids is 1. The molecular formula is C18H24N4O4. The molecule has 0 unspecified atom stereocenters. The van der Waals surface area contributed by atoms with Crippen LogP contribution in [0.4, 0.5) is 5.69 Å². The highest BCUT2D eigenvalue weighted by Gasteiger charge is 2.28. The summed E-state index contributed by atoms with van der Waals surface area (Å²) in [4.78, 5) is 43.4. The van der Waals surface area contributed by atoms with E-state index in [0.29, 0.717) is 37.0 Å². The van der Waals surface area contributed by atoms with E-state index >= 15 is 0 Å². The van der Waals surface area contributed by atoms with Gasteiger partial charge in [-0.1, -0.05) is 6.92 Å². The van der Waals surface area contributed by atoms with Crippen LogP contribution in [0.25, 0.3) is 11.0 Å². The zero-order valence-electron chi connectivity index (χ0n) is 15.6. The van der Waals surface area contributed by atoms with Crippen molar-refractivity contribution in [3.05, 3.63) is 32.6 Å². The van der Waals surface area contributed by atoms with Gasteiger partial charge in [0.1, 0.15) is 5.39 Å². The second kappa shape index (κ2) is 6.93. The minimum Gasteiger partial charge on any atom is -0.469 e. The Hall–Kier alpha value is -2.64. The first-order valence-electron chi connectivity index (χ1n) is 8.81. The van der Waals surface area contributed by atoms with E-state index in [1.807, 2.05) is 6.92 Å². The lowest BCUT2D eigenvalue weighted by atomic mass is 9.95. The second-order valence-electron chi connectivity index (χ2n) is 6.67. The number of ether oxygens (including phenoxy) is 1. The minimum atomic E-state index is -0.394. The minimum absolute atomic E-state index is 0.110. The summed E-state index contributed by atoms with van der Waals surface area (Å²) < 4.78 is 7.37. The maximum Gasteiger partial charge on any atom is 0.332 e. The van der Waals surface area contributed by atoms with E-state index in [1.165, 1.54) is 18.7 Å². The highest BCUT2D eigenvalue weighted by atomic mass is 16.5. The number of hydrogen-bond acceptors (Lipinski definition) is 6. The standard InChI is InChI=1S/C18H24N4O4/c1-5-11-10-19-15-13(16(23)21(3)18(25)20(15)2)14(11)22-8-6-12(7-9-22)17(24)26-4/h10,12H,5-9H2,1-4H3. The molecule has 0 aromatic carbocycles. The fraction of sp³-hybridized carbons (Fsp3) is 0.556. The molecule has 1 saturated heterocycles. The Labute approximate surface area is 151 Å². The van der Waals surface area contributed by atoms with Gasteiger partial charge in [-0.05, 0) is 24.8 Å². The Balaban J connectivity index is 2.15. The lowest BCUT2D eigenvalue weighted by molar-refractivity contribution is -0.146. The van der Waals surface area contributed by atoms with Crippen LogP contribution in [0.15, 0.2) is 15.8 Å². The van der Waals surface area contributed by atoms with Crippen LogP contribution in [-0.4, -0.2) is 40.3 Å². The zero-order valence-corrected chi connectivity index (χ0v) is 15.6. The first kappa shape index (κ1) is 18.2. The number of aromatic nitrogens is 3. The molecule has 1 aliphatic heterocycles. The molecule has 0 amide bonds. The fourth-order valence-corrected chi connectivity index (χ4v) is 3.68. The maximum absolute atomic E-state index is 12.9. The molecule has 8 nitrogen and oxygen atoms in total. The summed E-state index contributed by atoms with van der Waals surface area (Å²) in [6.07, 6.45) is 3.81. The van der Waals surface area contributed by atoms with Crippen molar-refractivity contribution in [3.63, 3.8) is 0 Å². The average Bonchev–Trinajstić information content (AvgIpc) is 2.68. The van der Waals surface area contributed by atoms with Crippen LogP contribution in [0.1, 0.15) is 25.3 Å². The number of anilines is 1. The largest absolute Gasteiger partial charge is 0.469 e. The summed E-state index contributed by atoms with van der Waals surface area (Å²) in [5.74, 6) is -0.292. The van der Waals surface area contributed by atoms with E-state index in [4.69, 9.17) is 4.74 Å². The van der Waals surface area contributed by atoms with Gasteiger partial charge in [-0.25, -0.2) is 9.78 Å². The molecule has 8 heteroatoms. The smallest absolute Gasteiger partial charge is 0.332 e. The fourth-order valence-electron chi connectivity index (χ4n) is 3.68. The number of carbonyl (C=O) groups is 1. The first-order chi connectivity index (χ1) is 12.4. The van der Waals surface area contributed by atoms with Gasteiger partial charge in [0.15, 0.2) is 5.65 Å². The molecule has 140 valence electrons. The summed E-state index contributed by atoms with van der Waals surface area (Å²) in [7, 11) is 4.51. The van der Waals surface area contributed by atoms with Crippen molar-refractivity contribution in [1.82, 2.24) is 14.1 Å². The van der Waals surface area contributed by atoms with Crippen molar-refractivity contribution < 1.29 is 9.53 Å². The molecule has 0 spiro atoms. The van der Waals surface area contributed by atoms with Gasteiger partial charge < -0.3 is 9.64 Å². The number of rotatable bonds is 3. The Morgan fingerprint density at radius 3 is 2.46 bits per heavy atom. The number of nitrogens with zero attached hydrogens (tertiary/aromatic N) is 4. The van der Waals surface area contributed by atoms with Crippen LogP contribution in [0.2, 0.25) is 0 Å². The number of pyridine rings is 1. The van der Waals surface area contributed by atoms with Crippen molar-refractivity contribution in [2.45, 2.75) is 26.2 Å². The van der Waals surface area contributed by atoms with E-state index in [2.05, 4.69) is 9.88 Å². The third-order valence-corrected chi connectivity index (χ3v) is 5.24. The Kier molecular flexibility index (Phi) is 4.84. The van der Waals surface area contributed by atoms with Crippen molar-refractivity contribution in [2.75, 3.05) is 25.1 Å². The van der Waals surface area contributed by atoms with Crippen LogP contribution in [0.3, 0.4) is 0 Å². The van der Waals surface area contributed by atoms with E-state index in [1.54, 1.807) is 13.2 Å². The molecule has 26 heavy (non-hydrogen) atoms. The molecule has 0 bridgehead atoms. The second-order valence-corrected chi connectivity index (χ2v) is 6.67. The molecule has 0 radical (unpaired) electrons. The Morgan fingerprint density at radius 1 is 1.23 bits per heavy atom. The molecular weight excluding hydrogens is 336 g/mol. The number of esters is 1. The van der Waals surface area contributed by atoms with Crippen molar-refractivity contribution in [1.29, 1.82) is 0 Å². The number of hydrogen-bond donors (Lipinski definition) is 0. The van der Waals surface area contributed by atoms with Crippen molar-refractivity contribution >= 4 is 22.7 Å². The van der Waals surface area contributed by atoms with E-state index in [9.17, 15) is 14.4 Å². The van der Waals surface area contributed by atoms with Gasteiger partial charge >= 0.3 is 11.7 Å². The average molecular weight is 360 g/mol. The molecule has 0 saturated carbocycles. The zero-order chi connectivity index (χ0) is 19.0. The molecule has 0 atom stereocenters. The summed E-state index contributed by atoms with van der Waals surface area (Å²) in [6, 6.07) is 0. The van der Waals surface area contributed by atoms with E-state index < -0.39 is 5.69 Å². The van der Waals surface area contributed by atoms with Crippen LogP contribution in [-0.2, 0) is 30.0 Å². The number of fused-ring (bicyclic) bond motifs is 1. The molecule has 0 aliphatic carbocycles. The van der Waals surface area contributed by atoms with Gasteiger partial charge in [0.25, 0.3) is 5.56 Å². The normalized spacial score (nSPS) is 15.5. The number of piperidine rings is 1. The van der Waals surface area contributed by atoms with Gasteiger partial charge in [0, 0.05) is 33.4 Å². The van der Waals surface area contributed by atoms with E-state index in [0.717, 1.165) is 22.2 Å². The van der Waals surface area contributed by atoms with Gasteiger partial charge in [-0.2, -0.15) is 0 Å². The van der Waals surface area contributed by atoms with Gasteiger partial charge in [-0.15, -0.1) is 0 Å². The first-order valence-corrected chi connectivity index (χ1v) is 8.81. The maximum atomic E-state index is 12.9. The monoisotopic (exact) mass is 360 g/mol. The molecule has 1 fully saturated rings. The van der Waals surface area contributed by atoms with Gasteiger partial charge in [0.2, 0.25) is 0 Å². The highest BCUT2D eigenvalue weighted by molar-refractivity contribution is 5.91. The molecule has 0 N–H and O–H groups in total. The lowest BCUT2D eigenvalue weighted by Gasteiger charge is -2.34. The molecule has 2 aromatic heterocycles. The molecule has 1 aliphatic rings. The number of aryl methyl sites for hydroxylation is 2. The highest BCUT2D eigenvalue weighted by Crippen LogP contribution is 2.31. The number of methoxy groups -OCH3 is 1. The van der Waals surface area contributed by atoms with Gasteiger partial charge in [0.05, 0.1) is 18.7 Å². The topological polar surface area (TPSA) is 86.4 Å². The van der Waals surface area contributed by atoms with Crippen LogP contribution in [0, 0.1) is 5.92 Å². The molecule has 3 rings (SSSR count). The van der Waals surface area contributed by atoms with Crippen LogP contribution >= 0.6 is 0 Å².